The van der Waals surface area contributed by atoms with E-state index in [0.29, 0.717) is 0 Å². The van der Waals surface area contributed by atoms with Gasteiger partial charge < -0.3 is 9.47 Å². The summed E-state index contributed by atoms with van der Waals surface area (Å²) in [7, 11) is 0. The number of azide groups is 1. The van der Waals surface area contributed by atoms with E-state index in [0.717, 1.165) is 0 Å². The maximum atomic E-state index is 13.2. The molecule has 0 aromatic heterocycles. The molecule has 1 aliphatic heterocycles. The molecule has 0 amide bonds. The van der Waals surface area contributed by atoms with E-state index in [-0.39, 0.29) is 13.2 Å². The van der Waals surface area contributed by atoms with Gasteiger partial charge >= 0.3 is 0 Å². The van der Waals surface area contributed by atoms with Gasteiger partial charge in [0.05, 0.1) is 13.2 Å². The second-order valence-corrected chi connectivity index (χ2v) is 3.30. The first-order valence-corrected chi connectivity index (χ1v) is 4.02. The zero-order chi connectivity index (χ0) is 9.90. The molecule has 0 aromatic rings. The van der Waals surface area contributed by atoms with E-state index < -0.39 is 18.1 Å². The van der Waals surface area contributed by atoms with Gasteiger partial charge in [-0.05, 0) is 19.4 Å². The normalized spacial score (nSPS) is 28.1. The van der Waals surface area contributed by atoms with Crippen molar-refractivity contribution in [3.05, 3.63) is 10.4 Å². The number of rotatable bonds is 3. The molecule has 1 rings (SSSR count). The van der Waals surface area contributed by atoms with Crippen LogP contribution in [-0.2, 0) is 9.47 Å². The Bertz CT molecular complexity index is 228. The first-order valence-electron chi connectivity index (χ1n) is 4.02. The molecule has 6 heteroatoms. The molecule has 1 fully saturated rings. The first kappa shape index (κ1) is 10.2. The fourth-order valence-electron chi connectivity index (χ4n) is 1.13. The third-order valence-corrected chi connectivity index (χ3v) is 1.75. The number of halogens is 1. The summed E-state index contributed by atoms with van der Waals surface area (Å²) in [5.41, 5.74) is 7.98. The maximum absolute atomic E-state index is 13.2. The molecule has 1 unspecified atom stereocenters. The molecule has 0 spiro atoms. The minimum atomic E-state index is -1.29. The van der Waals surface area contributed by atoms with Gasteiger partial charge in [0.1, 0.15) is 12.3 Å². The predicted molar refractivity (Wildman–Crippen MR) is 43.8 cm³/mol. The quantitative estimate of drug-likeness (QED) is 0.386. The number of alkyl halides is 1. The maximum Gasteiger partial charge on any atom is 0.163 e. The number of ether oxygens (including phenoxy) is 2. The molecule has 13 heavy (non-hydrogen) atoms. The lowest BCUT2D eigenvalue weighted by molar-refractivity contribution is -0.145. The molecule has 0 radical (unpaired) electrons. The second kappa shape index (κ2) is 3.91. The summed E-state index contributed by atoms with van der Waals surface area (Å²) in [4.78, 5) is 2.47. The average Bonchev–Trinajstić information content (AvgIpc) is 2.42. The molecule has 74 valence electrons. The Morgan fingerprint density at radius 1 is 1.77 bits per heavy atom. The minimum Gasteiger partial charge on any atom is -0.348 e. The topological polar surface area (TPSA) is 67.2 Å². The fraction of sp³-hybridized carbons (Fsp3) is 1.00. The van der Waals surface area contributed by atoms with Crippen molar-refractivity contribution in [2.75, 3.05) is 13.2 Å². The summed E-state index contributed by atoms with van der Waals surface area (Å²) in [6.07, 6.45) is -1.92. The molecule has 0 saturated carbocycles. The highest BCUT2D eigenvalue weighted by molar-refractivity contribution is 4.79. The van der Waals surface area contributed by atoms with Crippen LogP contribution in [0.3, 0.4) is 0 Å². The third-order valence-electron chi connectivity index (χ3n) is 1.75. The van der Waals surface area contributed by atoms with Crippen LogP contribution >= 0.6 is 0 Å². The Morgan fingerprint density at radius 2 is 2.46 bits per heavy atom. The van der Waals surface area contributed by atoms with Gasteiger partial charge in [0, 0.05) is 4.91 Å². The standard InChI is InChI=1S/C7H12FN3O2/c1-7(2)12-4-6(13-7)5(8)3-10-11-9/h5-6H,3-4H2,1-2H3/t5-,6?/m1/s1. The van der Waals surface area contributed by atoms with Crippen LogP contribution in [0.4, 0.5) is 4.39 Å². The molecule has 0 aliphatic carbocycles. The molecule has 1 heterocycles. The Hall–Kier alpha value is -0.840. The Labute approximate surface area is 75.4 Å². The van der Waals surface area contributed by atoms with Crippen molar-refractivity contribution >= 4 is 0 Å². The second-order valence-electron chi connectivity index (χ2n) is 3.30. The fourth-order valence-corrected chi connectivity index (χ4v) is 1.13. The van der Waals surface area contributed by atoms with Gasteiger partial charge in [-0.2, -0.15) is 0 Å². The van der Waals surface area contributed by atoms with Crippen LogP contribution in [0.2, 0.25) is 0 Å². The van der Waals surface area contributed by atoms with Crippen molar-refractivity contribution in [2.24, 2.45) is 5.11 Å². The molecule has 2 atom stereocenters. The van der Waals surface area contributed by atoms with E-state index in [1.807, 2.05) is 0 Å². The van der Waals surface area contributed by atoms with Crippen molar-refractivity contribution in [3.63, 3.8) is 0 Å². The SMILES string of the molecule is CC1(C)OCC([C@H](F)CN=[N+]=[N-])O1. The van der Waals surface area contributed by atoms with Crippen LogP contribution in [-0.4, -0.2) is 31.2 Å². The van der Waals surface area contributed by atoms with Gasteiger partial charge in [0.2, 0.25) is 0 Å². The van der Waals surface area contributed by atoms with Crippen LogP contribution in [0.5, 0.6) is 0 Å². The summed E-state index contributed by atoms with van der Waals surface area (Å²) < 4.78 is 23.6. The van der Waals surface area contributed by atoms with Gasteiger partial charge in [0.25, 0.3) is 0 Å². The molecular weight excluding hydrogens is 177 g/mol. The Morgan fingerprint density at radius 3 is 2.92 bits per heavy atom. The zero-order valence-corrected chi connectivity index (χ0v) is 7.61. The van der Waals surface area contributed by atoms with Crippen molar-refractivity contribution in [1.29, 1.82) is 0 Å². The lowest BCUT2D eigenvalue weighted by atomic mass is 10.2. The molecular formula is C7H12FN3O2. The highest BCUT2D eigenvalue weighted by Crippen LogP contribution is 2.25. The highest BCUT2D eigenvalue weighted by Gasteiger charge is 2.37. The smallest absolute Gasteiger partial charge is 0.163 e. The van der Waals surface area contributed by atoms with Crippen molar-refractivity contribution in [3.8, 4) is 0 Å². The first-order chi connectivity index (χ1) is 6.05. The Kier molecular flexibility index (Phi) is 3.08. The van der Waals surface area contributed by atoms with Crippen molar-refractivity contribution in [2.45, 2.75) is 31.9 Å². The van der Waals surface area contributed by atoms with E-state index in [2.05, 4.69) is 10.0 Å². The number of hydrogen-bond donors (Lipinski definition) is 0. The van der Waals surface area contributed by atoms with E-state index >= 15 is 0 Å². The molecule has 5 nitrogen and oxygen atoms in total. The molecule has 1 saturated heterocycles. The minimum absolute atomic E-state index is 0.203. The van der Waals surface area contributed by atoms with Gasteiger partial charge in [-0.1, -0.05) is 5.11 Å². The van der Waals surface area contributed by atoms with Crippen LogP contribution in [0.25, 0.3) is 10.4 Å². The van der Waals surface area contributed by atoms with E-state index in [4.69, 9.17) is 15.0 Å². The third kappa shape index (κ3) is 2.84. The van der Waals surface area contributed by atoms with E-state index in [1.165, 1.54) is 0 Å². The summed E-state index contributed by atoms with van der Waals surface area (Å²) in [5.74, 6) is -0.731. The lowest BCUT2D eigenvalue weighted by Gasteiger charge is -2.18. The predicted octanol–water partition coefficient (Wildman–Crippen LogP) is 1.79. The monoisotopic (exact) mass is 189 g/mol. The van der Waals surface area contributed by atoms with Gasteiger partial charge in [-0.15, -0.1) is 0 Å². The average molecular weight is 189 g/mol. The largest absolute Gasteiger partial charge is 0.348 e. The molecule has 0 aromatic carbocycles. The summed E-state index contributed by atoms with van der Waals surface area (Å²) >= 11 is 0. The van der Waals surface area contributed by atoms with Crippen molar-refractivity contribution in [1.82, 2.24) is 0 Å². The molecule has 1 aliphatic rings. The molecule has 0 bridgehead atoms. The van der Waals surface area contributed by atoms with Crippen LogP contribution in [0, 0.1) is 0 Å². The van der Waals surface area contributed by atoms with Gasteiger partial charge in [-0.25, -0.2) is 4.39 Å². The van der Waals surface area contributed by atoms with E-state index in [1.54, 1.807) is 13.8 Å². The molecule has 0 N–H and O–H groups in total. The summed E-state index contributed by atoms with van der Waals surface area (Å²) in [6, 6.07) is 0. The summed E-state index contributed by atoms with van der Waals surface area (Å²) in [6.45, 7) is 3.43. The zero-order valence-electron chi connectivity index (χ0n) is 7.61. The van der Waals surface area contributed by atoms with Crippen LogP contribution < -0.4 is 0 Å². The number of hydrogen-bond acceptors (Lipinski definition) is 3. The number of nitrogens with zero attached hydrogens (tertiary/aromatic N) is 3. The van der Waals surface area contributed by atoms with E-state index in [9.17, 15) is 4.39 Å². The van der Waals surface area contributed by atoms with Crippen LogP contribution in [0.1, 0.15) is 13.8 Å². The van der Waals surface area contributed by atoms with Crippen LogP contribution in [0.15, 0.2) is 5.11 Å². The van der Waals surface area contributed by atoms with Gasteiger partial charge in [-0.3, -0.25) is 0 Å². The summed E-state index contributed by atoms with van der Waals surface area (Å²) in [5, 5.41) is 3.13. The Balaban J connectivity index is 2.41. The van der Waals surface area contributed by atoms with Crippen molar-refractivity contribution < 1.29 is 13.9 Å². The lowest BCUT2D eigenvalue weighted by Crippen LogP contribution is -2.29. The van der Waals surface area contributed by atoms with Gasteiger partial charge in [0.15, 0.2) is 5.79 Å². The highest BCUT2D eigenvalue weighted by atomic mass is 19.1.